The van der Waals surface area contributed by atoms with Crippen molar-refractivity contribution in [2.24, 2.45) is 0 Å². The Morgan fingerprint density at radius 2 is 2.04 bits per heavy atom. The fraction of sp³-hybridized carbons (Fsp3) is 0.562. The number of carbonyl (C=O) groups excluding carboxylic acids is 2. The van der Waals surface area contributed by atoms with Crippen LogP contribution in [0.15, 0.2) is 18.5 Å². The summed E-state index contributed by atoms with van der Waals surface area (Å²) in [6.07, 6.45) is 4.11. The number of amides is 2. The number of nitrogens with zero attached hydrogens (tertiary/aromatic N) is 6. The third kappa shape index (κ3) is 2.71. The van der Waals surface area contributed by atoms with E-state index in [4.69, 9.17) is 5.26 Å². The molecule has 0 bridgehead atoms. The lowest BCUT2D eigenvalue weighted by Gasteiger charge is -2.51. The lowest BCUT2D eigenvalue weighted by molar-refractivity contribution is -0.152. The Morgan fingerprint density at radius 1 is 1.29 bits per heavy atom. The maximum atomic E-state index is 12.9. The molecular formula is C16H20N6O2. The maximum Gasteiger partial charge on any atom is 0.255 e. The molecule has 1 spiro atoms. The van der Waals surface area contributed by atoms with Crippen LogP contribution in [0.2, 0.25) is 0 Å². The highest BCUT2D eigenvalue weighted by molar-refractivity contribution is 5.94. The Balaban J connectivity index is 1.72. The van der Waals surface area contributed by atoms with Crippen LogP contribution in [-0.2, 0) is 4.79 Å². The van der Waals surface area contributed by atoms with Gasteiger partial charge >= 0.3 is 0 Å². The Bertz CT molecular complexity index is 663. The number of hydrogen-bond acceptors (Lipinski definition) is 6. The number of piperidine rings is 1. The van der Waals surface area contributed by atoms with Crippen molar-refractivity contribution in [2.75, 3.05) is 39.8 Å². The van der Waals surface area contributed by atoms with E-state index in [0.29, 0.717) is 38.0 Å². The number of rotatable bonds is 2. The van der Waals surface area contributed by atoms with Gasteiger partial charge in [-0.2, -0.15) is 15.5 Å². The summed E-state index contributed by atoms with van der Waals surface area (Å²) in [6.45, 7) is 2.47. The van der Waals surface area contributed by atoms with E-state index in [1.54, 1.807) is 15.9 Å². The van der Waals surface area contributed by atoms with Crippen molar-refractivity contribution < 1.29 is 9.59 Å². The zero-order valence-electron chi connectivity index (χ0n) is 13.7. The summed E-state index contributed by atoms with van der Waals surface area (Å²) in [5.41, 5.74) is -0.0853. The van der Waals surface area contributed by atoms with Crippen molar-refractivity contribution in [1.29, 1.82) is 5.26 Å². The molecule has 8 heteroatoms. The van der Waals surface area contributed by atoms with Crippen molar-refractivity contribution >= 4 is 11.8 Å². The lowest BCUT2D eigenvalue weighted by atomic mass is 9.82. The van der Waals surface area contributed by atoms with Gasteiger partial charge in [-0.1, -0.05) is 0 Å². The smallest absolute Gasteiger partial charge is 0.255 e. The van der Waals surface area contributed by atoms with Crippen LogP contribution in [0.25, 0.3) is 0 Å². The number of piperazine rings is 1. The SMILES string of the molecule is CN1CCN(CC#N)C(=O)C12CCN(C(=O)c1ccnnc1)CC2. The Morgan fingerprint density at radius 3 is 2.67 bits per heavy atom. The number of hydrogen-bond donors (Lipinski definition) is 0. The summed E-state index contributed by atoms with van der Waals surface area (Å²) in [5, 5.41) is 16.3. The molecule has 0 aromatic carbocycles. The first-order valence-corrected chi connectivity index (χ1v) is 8.02. The lowest BCUT2D eigenvalue weighted by Crippen LogP contribution is -2.68. The van der Waals surface area contributed by atoms with Crippen molar-refractivity contribution in [3.05, 3.63) is 24.0 Å². The molecule has 0 unspecified atom stereocenters. The minimum Gasteiger partial charge on any atom is -0.338 e. The van der Waals surface area contributed by atoms with Crippen molar-refractivity contribution in [3.63, 3.8) is 0 Å². The molecule has 2 aliphatic heterocycles. The van der Waals surface area contributed by atoms with Crippen molar-refractivity contribution in [1.82, 2.24) is 24.9 Å². The Labute approximate surface area is 140 Å². The van der Waals surface area contributed by atoms with Gasteiger partial charge in [0.1, 0.15) is 12.1 Å². The molecule has 0 saturated carbocycles. The number of nitriles is 1. The molecule has 0 atom stereocenters. The van der Waals surface area contributed by atoms with Gasteiger partial charge in [0.2, 0.25) is 5.91 Å². The van der Waals surface area contributed by atoms with Crippen LogP contribution in [0.5, 0.6) is 0 Å². The summed E-state index contributed by atoms with van der Waals surface area (Å²) < 4.78 is 0. The van der Waals surface area contributed by atoms with E-state index in [1.165, 1.54) is 12.4 Å². The number of likely N-dealkylation sites (tertiary alicyclic amines) is 1. The third-order valence-electron chi connectivity index (χ3n) is 5.09. The fourth-order valence-corrected chi connectivity index (χ4v) is 3.56. The largest absolute Gasteiger partial charge is 0.338 e. The molecule has 2 amide bonds. The molecular weight excluding hydrogens is 308 g/mol. The first-order chi connectivity index (χ1) is 11.6. The zero-order chi connectivity index (χ0) is 17.2. The molecule has 3 rings (SSSR count). The minimum absolute atomic E-state index is 0.00970. The van der Waals surface area contributed by atoms with E-state index in [9.17, 15) is 9.59 Å². The van der Waals surface area contributed by atoms with Gasteiger partial charge < -0.3 is 9.80 Å². The average Bonchev–Trinajstić information content (AvgIpc) is 2.63. The van der Waals surface area contributed by atoms with Crippen LogP contribution < -0.4 is 0 Å². The highest BCUT2D eigenvalue weighted by Crippen LogP contribution is 2.33. The van der Waals surface area contributed by atoms with Crippen LogP contribution in [0.1, 0.15) is 23.2 Å². The number of likely N-dealkylation sites (N-methyl/N-ethyl adjacent to an activating group) is 1. The summed E-state index contributed by atoms with van der Waals surface area (Å²) in [4.78, 5) is 30.8. The van der Waals surface area contributed by atoms with Gasteiger partial charge in [-0.3, -0.25) is 14.5 Å². The first-order valence-electron chi connectivity index (χ1n) is 8.02. The van der Waals surface area contributed by atoms with Crippen LogP contribution in [0.4, 0.5) is 0 Å². The molecule has 0 aliphatic carbocycles. The predicted octanol–water partition coefficient (Wildman–Crippen LogP) is -0.251. The second kappa shape index (κ2) is 6.53. The van der Waals surface area contributed by atoms with Gasteiger partial charge in [0, 0.05) is 26.2 Å². The molecule has 24 heavy (non-hydrogen) atoms. The molecule has 0 N–H and O–H groups in total. The molecule has 2 saturated heterocycles. The second-order valence-electron chi connectivity index (χ2n) is 6.26. The van der Waals surface area contributed by atoms with Crippen LogP contribution in [-0.4, -0.2) is 82.0 Å². The highest BCUT2D eigenvalue weighted by atomic mass is 16.2. The molecule has 8 nitrogen and oxygen atoms in total. The van der Waals surface area contributed by atoms with Crippen LogP contribution >= 0.6 is 0 Å². The monoisotopic (exact) mass is 328 g/mol. The predicted molar refractivity (Wildman–Crippen MR) is 84.7 cm³/mol. The summed E-state index contributed by atoms with van der Waals surface area (Å²) >= 11 is 0. The van der Waals surface area contributed by atoms with E-state index in [2.05, 4.69) is 21.2 Å². The minimum atomic E-state index is -0.595. The molecule has 1 aromatic rings. The molecule has 1 aromatic heterocycles. The quantitative estimate of drug-likeness (QED) is 0.695. The zero-order valence-corrected chi connectivity index (χ0v) is 13.7. The van der Waals surface area contributed by atoms with Crippen LogP contribution in [0, 0.1) is 11.3 Å². The first kappa shape index (κ1) is 16.3. The van der Waals surface area contributed by atoms with E-state index >= 15 is 0 Å². The topological polar surface area (TPSA) is 93.4 Å². The van der Waals surface area contributed by atoms with Gasteiger partial charge in [0.15, 0.2) is 0 Å². The van der Waals surface area contributed by atoms with Gasteiger partial charge in [-0.05, 0) is 26.0 Å². The second-order valence-corrected chi connectivity index (χ2v) is 6.26. The Hall–Kier alpha value is -2.53. The third-order valence-corrected chi connectivity index (χ3v) is 5.09. The standard InChI is InChI=1S/C16H20N6O2/c1-20-10-11-22(9-5-17)15(24)16(20)3-7-21(8-4-16)14(23)13-2-6-18-19-12-13/h2,6,12H,3-4,7-11H2,1H3. The number of aromatic nitrogens is 2. The molecule has 0 radical (unpaired) electrons. The molecule has 126 valence electrons. The molecule has 2 aliphatic rings. The highest BCUT2D eigenvalue weighted by Gasteiger charge is 2.49. The van der Waals surface area contributed by atoms with E-state index in [-0.39, 0.29) is 18.4 Å². The maximum absolute atomic E-state index is 12.9. The summed E-state index contributed by atoms with van der Waals surface area (Å²) in [6, 6.07) is 3.71. The Kier molecular flexibility index (Phi) is 4.44. The van der Waals surface area contributed by atoms with Crippen LogP contribution in [0.3, 0.4) is 0 Å². The van der Waals surface area contributed by atoms with Gasteiger partial charge in [-0.25, -0.2) is 0 Å². The van der Waals surface area contributed by atoms with E-state index in [1.807, 2.05) is 7.05 Å². The van der Waals surface area contributed by atoms with E-state index in [0.717, 1.165) is 6.54 Å². The van der Waals surface area contributed by atoms with Gasteiger partial charge in [0.25, 0.3) is 5.91 Å². The average molecular weight is 328 g/mol. The van der Waals surface area contributed by atoms with Crippen molar-refractivity contribution in [3.8, 4) is 6.07 Å². The summed E-state index contributed by atoms with van der Waals surface area (Å²) in [7, 11) is 1.95. The normalized spacial score (nSPS) is 20.9. The summed E-state index contributed by atoms with van der Waals surface area (Å²) in [5.74, 6) is -0.0741. The van der Waals surface area contributed by atoms with Gasteiger partial charge in [-0.15, -0.1) is 0 Å². The van der Waals surface area contributed by atoms with Gasteiger partial charge in [0.05, 0.1) is 24.0 Å². The van der Waals surface area contributed by atoms with Crippen molar-refractivity contribution in [2.45, 2.75) is 18.4 Å². The molecule has 3 heterocycles. The molecule has 2 fully saturated rings. The fourth-order valence-electron chi connectivity index (χ4n) is 3.56. The van der Waals surface area contributed by atoms with E-state index < -0.39 is 5.54 Å². The number of carbonyl (C=O) groups is 2.